The maximum atomic E-state index is 5.81. The van der Waals surface area contributed by atoms with Crippen LogP contribution in [0.3, 0.4) is 0 Å². The molecule has 0 aromatic heterocycles. The average Bonchev–Trinajstić information content (AvgIpc) is 2.72. The number of methoxy groups -OCH3 is 1. The van der Waals surface area contributed by atoms with E-state index in [1.54, 1.807) is 7.11 Å². The molecule has 1 unspecified atom stereocenters. The lowest BCUT2D eigenvalue weighted by atomic mass is 10.1. The Bertz CT molecular complexity index is 419. The molecule has 1 aromatic rings. The summed E-state index contributed by atoms with van der Waals surface area (Å²) in [5.41, 5.74) is 8.27. The first kappa shape index (κ1) is 15.3. The molecule has 2 N–H and O–H groups in total. The Balaban J connectivity index is 2.11. The fourth-order valence-corrected chi connectivity index (χ4v) is 3.23. The van der Waals surface area contributed by atoms with Crippen molar-refractivity contribution in [2.24, 2.45) is 5.73 Å². The summed E-state index contributed by atoms with van der Waals surface area (Å²) in [6, 6.07) is 7.17. The molecule has 0 aliphatic carbocycles. The molecule has 3 nitrogen and oxygen atoms in total. The minimum Gasteiger partial charge on any atom is -0.496 e. The van der Waals surface area contributed by atoms with Gasteiger partial charge in [0.05, 0.1) is 7.11 Å². The van der Waals surface area contributed by atoms with E-state index >= 15 is 0 Å². The Morgan fingerprint density at radius 2 is 2.15 bits per heavy atom. The molecule has 1 atom stereocenters. The summed E-state index contributed by atoms with van der Waals surface area (Å²) in [6.45, 7) is 5.11. The molecule has 0 saturated carbocycles. The number of nitrogens with zero attached hydrogens (tertiary/aromatic N) is 1. The van der Waals surface area contributed by atoms with Crippen LogP contribution in [0.1, 0.15) is 50.2 Å². The molecule has 0 amide bonds. The fraction of sp³-hybridized carbons (Fsp3) is 0.647. The smallest absolute Gasteiger partial charge is 0.123 e. The van der Waals surface area contributed by atoms with E-state index in [0.717, 1.165) is 23.9 Å². The topological polar surface area (TPSA) is 38.5 Å². The van der Waals surface area contributed by atoms with Crippen LogP contribution in [-0.4, -0.2) is 24.6 Å². The van der Waals surface area contributed by atoms with Crippen molar-refractivity contribution in [2.75, 3.05) is 13.7 Å². The quantitative estimate of drug-likeness (QED) is 0.896. The first-order valence-electron chi connectivity index (χ1n) is 7.88. The summed E-state index contributed by atoms with van der Waals surface area (Å²) in [4.78, 5) is 2.65. The monoisotopic (exact) mass is 276 g/mol. The molecule has 0 radical (unpaired) electrons. The molecular weight excluding hydrogens is 248 g/mol. The summed E-state index contributed by atoms with van der Waals surface area (Å²) < 4.78 is 5.35. The van der Waals surface area contributed by atoms with Crippen LogP contribution in [0.4, 0.5) is 0 Å². The molecule has 1 saturated heterocycles. The Hall–Kier alpha value is -1.06. The molecule has 2 rings (SSSR count). The number of hydrogen-bond donors (Lipinski definition) is 1. The van der Waals surface area contributed by atoms with Crippen LogP contribution in [0, 0.1) is 0 Å². The molecule has 0 bridgehead atoms. The number of nitrogens with two attached hydrogens (primary N) is 1. The Kier molecular flexibility index (Phi) is 5.86. The van der Waals surface area contributed by atoms with Crippen molar-refractivity contribution in [3.8, 4) is 5.75 Å². The van der Waals surface area contributed by atoms with Gasteiger partial charge in [0, 0.05) is 24.7 Å². The second-order valence-electron chi connectivity index (χ2n) is 5.73. The highest BCUT2D eigenvalue weighted by Gasteiger charge is 2.19. The van der Waals surface area contributed by atoms with E-state index in [1.807, 2.05) is 0 Å². The molecule has 1 aliphatic rings. The maximum absolute atomic E-state index is 5.81. The predicted molar refractivity (Wildman–Crippen MR) is 83.8 cm³/mol. The summed E-state index contributed by atoms with van der Waals surface area (Å²) >= 11 is 0. The van der Waals surface area contributed by atoms with Crippen molar-refractivity contribution >= 4 is 0 Å². The van der Waals surface area contributed by atoms with Gasteiger partial charge in [-0.1, -0.05) is 25.8 Å². The Morgan fingerprint density at radius 3 is 2.85 bits per heavy atom. The lowest BCUT2D eigenvalue weighted by molar-refractivity contribution is 0.186. The lowest BCUT2D eigenvalue weighted by Crippen LogP contribution is -2.33. The molecule has 1 aromatic carbocycles. The van der Waals surface area contributed by atoms with Crippen molar-refractivity contribution in [3.63, 3.8) is 0 Å². The van der Waals surface area contributed by atoms with Gasteiger partial charge in [-0.2, -0.15) is 0 Å². The van der Waals surface area contributed by atoms with Crippen LogP contribution in [0.2, 0.25) is 0 Å². The van der Waals surface area contributed by atoms with Crippen molar-refractivity contribution in [2.45, 2.75) is 58.2 Å². The molecule has 1 heterocycles. The zero-order valence-corrected chi connectivity index (χ0v) is 12.9. The maximum Gasteiger partial charge on any atom is 0.123 e. The van der Waals surface area contributed by atoms with Gasteiger partial charge < -0.3 is 10.5 Å². The number of likely N-dealkylation sites (tertiary alicyclic amines) is 1. The van der Waals surface area contributed by atoms with E-state index < -0.39 is 0 Å². The minimum atomic E-state index is 0.536. The van der Waals surface area contributed by atoms with Gasteiger partial charge in [-0.3, -0.25) is 4.90 Å². The lowest BCUT2D eigenvalue weighted by Gasteiger charge is -2.29. The predicted octanol–water partition coefficient (Wildman–Crippen LogP) is 3.31. The van der Waals surface area contributed by atoms with Gasteiger partial charge >= 0.3 is 0 Å². The Morgan fingerprint density at radius 1 is 1.30 bits per heavy atom. The highest BCUT2D eigenvalue weighted by molar-refractivity contribution is 5.37. The van der Waals surface area contributed by atoms with Crippen LogP contribution < -0.4 is 10.5 Å². The standard InChI is InChI=1S/C17H28N2O/c1-3-16-7-5-4-6-10-19(16)13-14-8-9-17(20-2)15(11-14)12-18/h8-9,11,16H,3-7,10,12-13,18H2,1-2H3. The Labute approximate surface area is 123 Å². The van der Waals surface area contributed by atoms with Crippen molar-refractivity contribution in [3.05, 3.63) is 29.3 Å². The molecule has 20 heavy (non-hydrogen) atoms. The van der Waals surface area contributed by atoms with Gasteiger partial charge in [0.1, 0.15) is 5.75 Å². The third-order valence-electron chi connectivity index (χ3n) is 4.42. The molecule has 3 heteroatoms. The van der Waals surface area contributed by atoms with E-state index in [2.05, 4.69) is 30.0 Å². The largest absolute Gasteiger partial charge is 0.496 e. The summed E-state index contributed by atoms with van der Waals surface area (Å²) in [5.74, 6) is 0.902. The van der Waals surface area contributed by atoms with Gasteiger partial charge in [-0.05, 0) is 43.5 Å². The fourth-order valence-electron chi connectivity index (χ4n) is 3.23. The third kappa shape index (κ3) is 3.74. The second-order valence-corrected chi connectivity index (χ2v) is 5.73. The van der Waals surface area contributed by atoms with E-state index in [4.69, 9.17) is 10.5 Å². The van der Waals surface area contributed by atoms with Crippen molar-refractivity contribution in [1.29, 1.82) is 0 Å². The summed E-state index contributed by atoms with van der Waals surface area (Å²) in [7, 11) is 1.70. The van der Waals surface area contributed by atoms with E-state index in [9.17, 15) is 0 Å². The summed E-state index contributed by atoms with van der Waals surface area (Å²) in [5, 5.41) is 0. The van der Waals surface area contributed by atoms with Crippen LogP contribution in [0.5, 0.6) is 5.75 Å². The van der Waals surface area contributed by atoms with Crippen LogP contribution in [-0.2, 0) is 13.1 Å². The van der Waals surface area contributed by atoms with Gasteiger partial charge in [0.25, 0.3) is 0 Å². The number of ether oxygens (including phenoxy) is 1. The molecular formula is C17H28N2O. The first-order valence-corrected chi connectivity index (χ1v) is 7.88. The van der Waals surface area contributed by atoms with Crippen LogP contribution in [0.25, 0.3) is 0 Å². The number of benzene rings is 1. The van der Waals surface area contributed by atoms with Crippen LogP contribution >= 0.6 is 0 Å². The highest BCUT2D eigenvalue weighted by Crippen LogP contribution is 2.24. The van der Waals surface area contributed by atoms with Crippen LogP contribution in [0.15, 0.2) is 18.2 Å². The molecule has 0 spiro atoms. The zero-order valence-electron chi connectivity index (χ0n) is 12.9. The highest BCUT2D eigenvalue weighted by atomic mass is 16.5. The third-order valence-corrected chi connectivity index (χ3v) is 4.42. The normalized spacial score (nSPS) is 20.6. The second kappa shape index (κ2) is 7.65. The molecule has 1 fully saturated rings. The van der Waals surface area contributed by atoms with Crippen molar-refractivity contribution < 1.29 is 4.74 Å². The SMILES string of the molecule is CCC1CCCCCN1Cc1ccc(OC)c(CN)c1. The van der Waals surface area contributed by atoms with E-state index in [-0.39, 0.29) is 0 Å². The number of hydrogen-bond acceptors (Lipinski definition) is 3. The average molecular weight is 276 g/mol. The zero-order chi connectivity index (χ0) is 14.4. The van der Waals surface area contributed by atoms with Gasteiger partial charge in [0.2, 0.25) is 0 Å². The van der Waals surface area contributed by atoms with Gasteiger partial charge in [-0.25, -0.2) is 0 Å². The minimum absolute atomic E-state index is 0.536. The molecule has 1 aliphatic heterocycles. The molecule has 112 valence electrons. The first-order chi connectivity index (χ1) is 9.78. The van der Waals surface area contributed by atoms with E-state index in [1.165, 1.54) is 44.2 Å². The van der Waals surface area contributed by atoms with E-state index in [0.29, 0.717) is 6.54 Å². The summed E-state index contributed by atoms with van der Waals surface area (Å²) in [6.07, 6.45) is 6.68. The van der Waals surface area contributed by atoms with Gasteiger partial charge in [0.15, 0.2) is 0 Å². The number of rotatable bonds is 5. The van der Waals surface area contributed by atoms with Crippen molar-refractivity contribution in [1.82, 2.24) is 4.90 Å². The van der Waals surface area contributed by atoms with Gasteiger partial charge in [-0.15, -0.1) is 0 Å².